The molecule has 0 saturated carbocycles. The predicted octanol–water partition coefficient (Wildman–Crippen LogP) is 0.672. The number of amides is 1. The van der Waals surface area contributed by atoms with Gasteiger partial charge in [-0.1, -0.05) is 13.8 Å². The third-order valence-electron chi connectivity index (χ3n) is 4.07. The first-order chi connectivity index (χ1) is 8.56. The molecule has 2 N–H and O–H groups in total. The van der Waals surface area contributed by atoms with Crippen molar-refractivity contribution in [2.45, 2.75) is 26.8 Å². The molecule has 0 radical (unpaired) electrons. The molecule has 1 aliphatic rings. The highest BCUT2D eigenvalue weighted by Gasteiger charge is 2.43. The van der Waals surface area contributed by atoms with Gasteiger partial charge in [0.05, 0.1) is 12.0 Å². The Morgan fingerprint density at radius 2 is 2.44 bits per heavy atom. The molecule has 5 heteroatoms. The zero-order valence-corrected chi connectivity index (χ0v) is 11.4. The maximum Gasteiger partial charge on any atom is 0.228 e. The van der Waals surface area contributed by atoms with Crippen LogP contribution < -0.4 is 10.6 Å². The zero-order valence-electron chi connectivity index (χ0n) is 11.4. The van der Waals surface area contributed by atoms with Crippen molar-refractivity contribution in [2.75, 3.05) is 13.1 Å². The summed E-state index contributed by atoms with van der Waals surface area (Å²) in [7, 11) is 1.93. The minimum atomic E-state index is -0.259. The lowest BCUT2D eigenvalue weighted by atomic mass is 9.75. The van der Waals surface area contributed by atoms with Gasteiger partial charge in [0.2, 0.25) is 5.91 Å². The molecule has 2 rings (SSSR count). The van der Waals surface area contributed by atoms with Gasteiger partial charge in [0.15, 0.2) is 0 Å². The lowest BCUT2D eigenvalue weighted by Crippen LogP contribution is -2.46. The number of hydrogen-bond donors (Lipinski definition) is 2. The highest BCUT2D eigenvalue weighted by molar-refractivity contribution is 5.83. The van der Waals surface area contributed by atoms with Gasteiger partial charge < -0.3 is 15.2 Å². The maximum atomic E-state index is 12.4. The quantitative estimate of drug-likeness (QED) is 0.826. The van der Waals surface area contributed by atoms with Crippen LogP contribution >= 0.6 is 0 Å². The fraction of sp³-hybridized carbons (Fsp3) is 0.692. The second-order valence-corrected chi connectivity index (χ2v) is 5.37. The molecule has 1 aliphatic heterocycles. The van der Waals surface area contributed by atoms with Crippen LogP contribution in [0.2, 0.25) is 0 Å². The molecule has 1 fully saturated rings. The van der Waals surface area contributed by atoms with Gasteiger partial charge in [-0.15, -0.1) is 0 Å². The molecule has 0 aromatic carbocycles. The summed E-state index contributed by atoms with van der Waals surface area (Å²) in [6.07, 6.45) is 4.55. The van der Waals surface area contributed by atoms with E-state index in [2.05, 4.69) is 29.5 Å². The zero-order chi connectivity index (χ0) is 13.2. The van der Waals surface area contributed by atoms with Gasteiger partial charge in [0, 0.05) is 26.0 Å². The molecule has 1 saturated heterocycles. The summed E-state index contributed by atoms with van der Waals surface area (Å²) in [5, 5.41) is 6.33. The number of hydrogen-bond acceptors (Lipinski definition) is 3. The molecule has 5 nitrogen and oxygen atoms in total. The van der Waals surface area contributed by atoms with Crippen LogP contribution in [0.5, 0.6) is 0 Å². The van der Waals surface area contributed by atoms with Crippen LogP contribution in [0.25, 0.3) is 0 Å². The van der Waals surface area contributed by atoms with Crippen LogP contribution in [0.1, 0.15) is 26.1 Å². The lowest BCUT2D eigenvalue weighted by Gasteiger charge is -2.31. The molecule has 1 atom stereocenters. The second-order valence-electron chi connectivity index (χ2n) is 5.37. The third kappa shape index (κ3) is 2.27. The predicted molar refractivity (Wildman–Crippen MR) is 69.8 cm³/mol. The van der Waals surface area contributed by atoms with Crippen molar-refractivity contribution in [1.82, 2.24) is 20.2 Å². The summed E-state index contributed by atoms with van der Waals surface area (Å²) in [5.41, 5.74) is -0.259. The Balaban J connectivity index is 2.00. The molecular weight excluding hydrogens is 228 g/mol. The lowest BCUT2D eigenvalue weighted by molar-refractivity contribution is -0.132. The van der Waals surface area contributed by atoms with E-state index >= 15 is 0 Å². The van der Waals surface area contributed by atoms with Gasteiger partial charge in [0.1, 0.15) is 5.82 Å². The Morgan fingerprint density at radius 1 is 1.67 bits per heavy atom. The molecule has 0 spiro atoms. The van der Waals surface area contributed by atoms with Crippen LogP contribution in [-0.2, 0) is 18.4 Å². The molecular formula is C13H22N4O. The minimum Gasteiger partial charge on any atom is -0.348 e. The number of aryl methyl sites for hydroxylation is 1. The molecule has 0 bridgehead atoms. The highest BCUT2D eigenvalue weighted by atomic mass is 16.2. The topological polar surface area (TPSA) is 59.0 Å². The number of carbonyl (C=O) groups excluding carboxylic acids is 1. The average Bonchev–Trinajstić information content (AvgIpc) is 2.95. The van der Waals surface area contributed by atoms with E-state index < -0.39 is 0 Å². The van der Waals surface area contributed by atoms with E-state index in [1.807, 2.05) is 17.8 Å². The smallest absolute Gasteiger partial charge is 0.228 e. The van der Waals surface area contributed by atoms with Crippen LogP contribution in [0, 0.1) is 11.3 Å². The highest BCUT2D eigenvalue weighted by Crippen LogP contribution is 2.34. The first-order valence-electron chi connectivity index (χ1n) is 6.51. The first-order valence-corrected chi connectivity index (χ1v) is 6.51. The van der Waals surface area contributed by atoms with Crippen molar-refractivity contribution >= 4 is 5.91 Å². The van der Waals surface area contributed by atoms with Gasteiger partial charge in [-0.05, 0) is 18.9 Å². The van der Waals surface area contributed by atoms with Crippen molar-refractivity contribution in [2.24, 2.45) is 18.4 Å². The number of rotatable bonds is 4. The van der Waals surface area contributed by atoms with Gasteiger partial charge in [0.25, 0.3) is 0 Å². The number of nitrogens with one attached hydrogen (secondary N) is 2. The third-order valence-corrected chi connectivity index (χ3v) is 4.07. The van der Waals surface area contributed by atoms with Crippen molar-refractivity contribution in [3.63, 3.8) is 0 Å². The number of aromatic nitrogens is 2. The Hall–Kier alpha value is -1.36. The van der Waals surface area contributed by atoms with E-state index in [1.165, 1.54) is 0 Å². The maximum absolute atomic E-state index is 12.4. The van der Waals surface area contributed by atoms with Gasteiger partial charge in [-0.25, -0.2) is 4.98 Å². The summed E-state index contributed by atoms with van der Waals surface area (Å²) in [5.74, 6) is 1.37. The summed E-state index contributed by atoms with van der Waals surface area (Å²) < 4.78 is 1.93. The van der Waals surface area contributed by atoms with Crippen molar-refractivity contribution in [3.8, 4) is 0 Å². The normalized spacial score (nSPS) is 23.6. The van der Waals surface area contributed by atoms with E-state index in [0.717, 1.165) is 25.3 Å². The Labute approximate surface area is 108 Å². The van der Waals surface area contributed by atoms with E-state index in [-0.39, 0.29) is 11.3 Å². The fourth-order valence-corrected chi connectivity index (χ4v) is 2.56. The summed E-state index contributed by atoms with van der Waals surface area (Å²) >= 11 is 0. The number of carbonyl (C=O) groups is 1. The molecule has 18 heavy (non-hydrogen) atoms. The summed E-state index contributed by atoms with van der Waals surface area (Å²) in [6.45, 7) is 6.43. The molecule has 1 amide bonds. The average molecular weight is 250 g/mol. The first kappa shape index (κ1) is 13.1. The second kappa shape index (κ2) is 5.10. The Bertz CT molecular complexity index is 418. The van der Waals surface area contributed by atoms with Gasteiger partial charge in [-0.2, -0.15) is 0 Å². The van der Waals surface area contributed by atoms with E-state index in [9.17, 15) is 4.79 Å². The van der Waals surface area contributed by atoms with Crippen LogP contribution in [0.3, 0.4) is 0 Å². The monoisotopic (exact) mass is 250 g/mol. The molecule has 1 unspecified atom stereocenters. The standard InChI is InChI=1S/C13H22N4O/c1-10(2)13(4-5-14-9-13)12(18)16-8-11-15-6-7-17(11)3/h6-7,10,14H,4-5,8-9H2,1-3H3,(H,16,18). The molecule has 100 valence electrons. The van der Waals surface area contributed by atoms with E-state index in [4.69, 9.17) is 0 Å². The van der Waals surface area contributed by atoms with Crippen molar-refractivity contribution in [3.05, 3.63) is 18.2 Å². The van der Waals surface area contributed by atoms with Crippen LogP contribution in [0.4, 0.5) is 0 Å². The van der Waals surface area contributed by atoms with Crippen LogP contribution in [0.15, 0.2) is 12.4 Å². The molecule has 0 aliphatic carbocycles. The molecule has 1 aromatic heterocycles. The summed E-state index contributed by atoms with van der Waals surface area (Å²) in [6, 6.07) is 0. The largest absolute Gasteiger partial charge is 0.348 e. The minimum absolute atomic E-state index is 0.144. The SMILES string of the molecule is CC(C)C1(C(=O)NCc2nccn2C)CCNC1. The Kier molecular flexibility index (Phi) is 3.71. The fourth-order valence-electron chi connectivity index (χ4n) is 2.56. The van der Waals surface area contributed by atoms with E-state index in [1.54, 1.807) is 6.20 Å². The van der Waals surface area contributed by atoms with Crippen LogP contribution in [-0.4, -0.2) is 28.5 Å². The molecule has 1 aromatic rings. The number of imidazole rings is 1. The van der Waals surface area contributed by atoms with Gasteiger partial charge in [-0.3, -0.25) is 4.79 Å². The van der Waals surface area contributed by atoms with Crippen molar-refractivity contribution in [1.29, 1.82) is 0 Å². The molecule has 2 heterocycles. The Morgan fingerprint density at radius 3 is 2.94 bits per heavy atom. The van der Waals surface area contributed by atoms with Gasteiger partial charge >= 0.3 is 0 Å². The van der Waals surface area contributed by atoms with E-state index in [0.29, 0.717) is 12.5 Å². The summed E-state index contributed by atoms with van der Waals surface area (Å²) in [4.78, 5) is 16.6. The van der Waals surface area contributed by atoms with Crippen molar-refractivity contribution < 1.29 is 4.79 Å². The number of nitrogens with zero attached hydrogens (tertiary/aromatic N) is 2.